The summed E-state index contributed by atoms with van der Waals surface area (Å²) in [6, 6.07) is 1.11. The van der Waals surface area contributed by atoms with Gasteiger partial charge in [0.1, 0.15) is 0 Å². The molecule has 1 saturated heterocycles. The molecule has 1 aliphatic heterocycles. The molecule has 1 fully saturated rings. The average molecular weight is 171 g/mol. The summed E-state index contributed by atoms with van der Waals surface area (Å²) in [5, 5.41) is 9.19. The van der Waals surface area contributed by atoms with E-state index in [1.54, 1.807) is 0 Å². The molecule has 1 N–H and O–H groups in total. The van der Waals surface area contributed by atoms with E-state index < -0.39 is 0 Å². The fourth-order valence-corrected chi connectivity index (χ4v) is 1.94. The van der Waals surface area contributed by atoms with E-state index >= 15 is 0 Å². The predicted molar refractivity (Wildman–Crippen MR) is 51.1 cm³/mol. The van der Waals surface area contributed by atoms with Crippen molar-refractivity contribution in [3.05, 3.63) is 0 Å². The Labute approximate surface area is 75.6 Å². The summed E-state index contributed by atoms with van der Waals surface area (Å²) in [6.07, 6.45) is 2.43. The lowest BCUT2D eigenvalue weighted by Gasteiger charge is -2.44. The fourth-order valence-electron chi connectivity index (χ4n) is 1.94. The zero-order valence-corrected chi connectivity index (χ0v) is 8.45. The third kappa shape index (κ3) is 2.20. The Bertz CT molecular complexity index is 136. The SMILES string of the molecule is CC(C)CC(CO)N1CCC1C. The first-order valence-electron chi connectivity index (χ1n) is 5.01. The number of hydrogen-bond donors (Lipinski definition) is 1. The van der Waals surface area contributed by atoms with Crippen molar-refractivity contribution in [3.63, 3.8) is 0 Å². The van der Waals surface area contributed by atoms with Crippen LogP contribution < -0.4 is 0 Å². The second-order valence-corrected chi connectivity index (χ2v) is 4.34. The lowest BCUT2D eigenvalue weighted by atomic mass is 9.96. The largest absolute Gasteiger partial charge is 0.395 e. The normalized spacial score (nSPS) is 27.2. The maximum Gasteiger partial charge on any atom is 0.0587 e. The van der Waals surface area contributed by atoms with Crippen LogP contribution in [0.2, 0.25) is 0 Å². The van der Waals surface area contributed by atoms with Crippen molar-refractivity contribution >= 4 is 0 Å². The third-order valence-electron chi connectivity index (χ3n) is 2.79. The van der Waals surface area contributed by atoms with Crippen LogP contribution in [0.3, 0.4) is 0 Å². The highest BCUT2D eigenvalue weighted by Crippen LogP contribution is 2.23. The molecule has 1 aliphatic rings. The molecule has 12 heavy (non-hydrogen) atoms. The summed E-state index contributed by atoms with van der Waals surface area (Å²) in [5.41, 5.74) is 0. The second-order valence-electron chi connectivity index (χ2n) is 4.34. The molecular formula is C10H21NO. The van der Waals surface area contributed by atoms with Crippen LogP contribution in [0.15, 0.2) is 0 Å². The lowest BCUT2D eigenvalue weighted by Crippen LogP contribution is -2.53. The standard InChI is InChI=1S/C10H21NO/c1-8(2)6-10(7-12)11-5-4-9(11)3/h8-10,12H,4-7H2,1-3H3. The maximum absolute atomic E-state index is 9.19. The number of rotatable bonds is 4. The Morgan fingerprint density at radius 3 is 2.42 bits per heavy atom. The molecular weight excluding hydrogens is 150 g/mol. The Hall–Kier alpha value is -0.0800. The van der Waals surface area contributed by atoms with E-state index in [1.165, 1.54) is 13.0 Å². The Balaban J connectivity index is 2.34. The van der Waals surface area contributed by atoms with E-state index in [0.29, 0.717) is 24.6 Å². The summed E-state index contributed by atoms with van der Waals surface area (Å²) in [4.78, 5) is 2.42. The highest BCUT2D eigenvalue weighted by molar-refractivity contribution is 4.85. The Morgan fingerprint density at radius 2 is 2.17 bits per heavy atom. The van der Waals surface area contributed by atoms with E-state index in [2.05, 4.69) is 25.7 Å². The van der Waals surface area contributed by atoms with E-state index in [-0.39, 0.29) is 0 Å². The molecule has 0 aromatic rings. The molecule has 1 heterocycles. The van der Waals surface area contributed by atoms with Gasteiger partial charge in [-0.3, -0.25) is 4.90 Å². The van der Waals surface area contributed by atoms with E-state index in [0.717, 1.165) is 6.42 Å². The molecule has 72 valence electrons. The molecule has 2 heteroatoms. The quantitative estimate of drug-likeness (QED) is 0.692. The van der Waals surface area contributed by atoms with Crippen LogP contribution in [0.25, 0.3) is 0 Å². The molecule has 0 aromatic heterocycles. The topological polar surface area (TPSA) is 23.5 Å². The number of aliphatic hydroxyl groups excluding tert-OH is 1. The molecule has 0 aliphatic carbocycles. The van der Waals surface area contributed by atoms with E-state index in [4.69, 9.17) is 0 Å². The Morgan fingerprint density at radius 1 is 1.50 bits per heavy atom. The molecule has 0 saturated carbocycles. The van der Waals surface area contributed by atoms with Gasteiger partial charge in [-0.25, -0.2) is 0 Å². The smallest absolute Gasteiger partial charge is 0.0587 e. The summed E-state index contributed by atoms with van der Waals surface area (Å²) >= 11 is 0. The highest BCUT2D eigenvalue weighted by atomic mass is 16.3. The number of aliphatic hydroxyl groups is 1. The Kier molecular flexibility index (Phi) is 3.53. The van der Waals surface area contributed by atoms with Crippen LogP contribution >= 0.6 is 0 Å². The molecule has 1 rings (SSSR count). The molecule has 0 spiro atoms. The van der Waals surface area contributed by atoms with Crippen molar-refractivity contribution in [2.24, 2.45) is 5.92 Å². The van der Waals surface area contributed by atoms with Crippen molar-refractivity contribution < 1.29 is 5.11 Å². The van der Waals surface area contributed by atoms with Gasteiger partial charge < -0.3 is 5.11 Å². The first kappa shape index (κ1) is 10.0. The van der Waals surface area contributed by atoms with Gasteiger partial charge in [0.2, 0.25) is 0 Å². The minimum atomic E-state index is 0.322. The fraction of sp³-hybridized carbons (Fsp3) is 1.00. The van der Waals surface area contributed by atoms with Gasteiger partial charge in [0.15, 0.2) is 0 Å². The molecule has 2 unspecified atom stereocenters. The van der Waals surface area contributed by atoms with Crippen LogP contribution in [0.4, 0.5) is 0 Å². The van der Waals surface area contributed by atoms with Crippen molar-refractivity contribution in [2.75, 3.05) is 13.2 Å². The van der Waals surface area contributed by atoms with Gasteiger partial charge in [-0.05, 0) is 25.7 Å². The zero-order chi connectivity index (χ0) is 9.14. The first-order valence-corrected chi connectivity index (χ1v) is 5.01. The summed E-state index contributed by atoms with van der Waals surface area (Å²) in [5.74, 6) is 0.690. The molecule has 2 atom stereocenters. The van der Waals surface area contributed by atoms with Crippen molar-refractivity contribution in [1.82, 2.24) is 4.90 Å². The monoisotopic (exact) mass is 171 g/mol. The van der Waals surface area contributed by atoms with Crippen LogP contribution in [-0.2, 0) is 0 Å². The van der Waals surface area contributed by atoms with Gasteiger partial charge in [-0.1, -0.05) is 13.8 Å². The minimum absolute atomic E-state index is 0.322. The van der Waals surface area contributed by atoms with Gasteiger partial charge in [0, 0.05) is 18.6 Å². The van der Waals surface area contributed by atoms with Gasteiger partial charge >= 0.3 is 0 Å². The van der Waals surface area contributed by atoms with Gasteiger partial charge in [0.25, 0.3) is 0 Å². The maximum atomic E-state index is 9.19. The molecule has 0 radical (unpaired) electrons. The minimum Gasteiger partial charge on any atom is -0.395 e. The average Bonchev–Trinajstić information content (AvgIpc) is 1.99. The van der Waals surface area contributed by atoms with E-state index in [1.807, 2.05) is 0 Å². The zero-order valence-electron chi connectivity index (χ0n) is 8.45. The number of hydrogen-bond acceptors (Lipinski definition) is 2. The van der Waals surface area contributed by atoms with Crippen molar-refractivity contribution in [2.45, 2.75) is 45.7 Å². The summed E-state index contributed by atoms with van der Waals surface area (Å²) < 4.78 is 0. The summed E-state index contributed by atoms with van der Waals surface area (Å²) in [6.45, 7) is 8.17. The molecule has 2 nitrogen and oxygen atoms in total. The van der Waals surface area contributed by atoms with Crippen LogP contribution in [0, 0.1) is 5.92 Å². The van der Waals surface area contributed by atoms with E-state index in [9.17, 15) is 5.11 Å². The number of likely N-dealkylation sites (tertiary alicyclic amines) is 1. The highest BCUT2D eigenvalue weighted by Gasteiger charge is 2.30. The molecule has 0 aromatic carbocycles. The van der Waals surface area contributed by atoms with Gasteiger partial charge in [-0.15, -0.1) is 0 Å². The molecule has 0 amide bonds. The van der Waals surface area contributed by atoms with Crippen molar-refractivity contribution in [1.29, 1.82) is 0 Å². The van der Waals surface area contributed by atoms with Crippen LogP contribution in [-0.4, -0.2) is 35.2 Å². The number of nitrogens with zero attached hydrogens (tertiary/aromatic N) is 1. The van der Waals surface area contributed by atoms with Crippen LogP contribution in [0.1, 0.15) is 33.6 Å². The van der Waals surface area contributed by atoms with Crippen molar-refractivity contribution in [3.8, 4) is 0 Å². The third-order valence-corrected chi connectivity index (χ3v) is 2.79. The second kappa shape index (κ2) is 4.24. The van der Waals surface area contributed by atoms with Gasteiger partial charge in [0.05, 0.1) is 6.61 Å². The lowest BCUT2D eigenvalue weighted by molar-refractivity contribution is 0.0131. The summed E-state index contributed by atoms with van der Waals surface area (Å²) in [7, 11) is 0. The van der Waals surface area contributed by atoms with Gasteiger partial charge in [-0.2, -0.15) is 0 Å². The van der Waals surface area contributed by atoms with Crippen LogP contribution in [0.5, 0.6) is 0 Å². The predicted octanol–water partition coefficient (Wildman–Crippen LogP) is 1.49. The molecule has 0 bridgehead atoms. The first-order chi connectivity index (χ1) is 5.65.